The van der Waals surface area contributed by atoms with Gasteiger partial charge in [0.1, 0.15) is 6.10 Å². The van der Waals surface area contributed by atoms with Gasteiger partial charge in [0.05, 0.1) is 6.61 Å². The van der Waals surface area contributed by atoms with Crippen molar-refractivity contribution in [2.45, 2.75) is 43.6 Å². The molecule has 6 nitrogen and oxygen atoms in total. The van der Waals surface area contributed by atoms with E-state index < -0.39 is 5.97 Å². The zero-order valence-corrected chi connectivity index (χ0v) is 15.5. The van der Waals surface area contributed by atoms with Gasteiger partial charge in [0.2, 0.25) is 0 Å². The van der Waals surface area contributed by atoms with Gasteiger partial charge < -0.3 is 14.6 Å². The zero-order chi connectivity index (χ0) is 17.5. The van der Waals surface area contributed by atoms with Crippen LogP contribution in [0.2, 0.25) is 0 Å². The van der Waals surface area contributed by atoms with Gasteiger partial charge in [-0.05, 0) is 32.1 Å². The molecule has 3 atom stereocenters. The summed E-state index contributed by atoms with van der Waals surface area (Å²) in [4.78, 5) is 27.1. The molecule has 2 rings (SSSR count). The summed E-state index contributed by atoms with van der Waals surface area (Å²) in [7, 11) is 0. The Morgan fingerprint density at radius 3 is 2.92 bits per heavy atom. The molecule has 1 heterocycles. The Labute approximate surface area is 149 Å². The number of nitrogens with zero attached hydrogens (tertiary/aromatic N) is 1. The molecular weight excluding hydrogens is 350 g/mol. The average Bonchev–Trinajstić information content (AvgIpc) is 3.15. The summed E-state index contributed by atoms with van der Waals surface area (Å²) in [6, 6.07) is 0. The van der Waals surface area contributed by atoms with Gasteiger partial charge in [-0.25, -0.2) is 9.78 Å². The van der Waals surface area contributed by atoms with E-state index in [0.29, 0.717) is 12.3 Å². The SMILES string of the molecule is CCOC(=O)c1csc(SCC[C@@H]2[C@@H](CO)CC[C@@H]2OC(C)=O)n1. The monoisotopic (exact) mass is 373 g/mol. The van der Waals surface area contributed by atoms with Crippen LogP contribution in [0.25, 0.3) is 0 Å². The maximum Gasteiger partial charge on any atom is 0.357 e. The molecule has 1 aromatic heterocycles. The average molecular weight is 373 g/mol. The molecule has 0 radical (unpaired) electrons. The van der Waals surface area contributed by atoms with E-state index in [1.165, 1.54) is 18.3 Å². The van der Waals surface area contributed by atoms with E-state index in [4.69, 9.17) is 9.47 Å². The van der Waals surface area contributed by atoms with Crippen LogP contribution in [-0.4, -0.2) is 47.1 Å². The third-order valence-electron chi connectivity index (χ3n) is 4.10. The van der Waals surface area contributed by atoms with Gasteiger partial charge in [-0.15, -0.1) is 11.3 Å². The summed E-state index contributed by atoms with van der Waals surface area (Å²) in [6.07, 6.45) is 2.42. The van der Waals surface area contributed by atoms with Gasteiger partial charge in [0.25, 0.3) is 0 Å². The predicted molar refractivity (Wildman–Crippen MR) is 92.3 cm³/mol. The minimum absolute atomic E-state index is 0.105. The number of rotatable bonds is 8. The maximum atomic E-state index is 11.6. The van der Waals surface area contributed by atoms with Crippen LogP contribution in [0.1, 0.15) is 43.6 Å². The number of carbonyl (C=O) groups is 2. The first kappa shape index (κ1) is 19.2. The first-order valence-corrected chi connectivity index (χ1v) is 9.95. The summed E-state index contributed by atoms with van der Waals surface area (Å²) in [5.41, 5.74) is 0.344. The molecule has 1 aliphatic carbocycles. The highest BCUT2D eigenvalue weighted by Crippen LogP contribution is 2.38. The highest BCUT2D eigenvalue weighted by atomic mass is 32.2. The second-order valence-corrected chi connectivity index (χ2v) is 7.89. The number of thiazole rings is 1. The third-order valence-corrected chi connectivity index (χ3v) is 6.16. The van der Waals surface area contributed by atoms with Crippen LogP contribution in [-0.2, 0) is 14.3 Å². The van der Waals surface area contributed by atoms with Gasteiger partial charge in [0.15, 0.2) is 10.0 Å². The summed E-state index contributed by atoms with van der Waals surface area (Å²) < 4.78 is 11.1. The second-order valence-electron chi connectivity index (χ2n) is 5.69. The lowest BCUT2D eigenvalue weighted by Gasteiger charge is -2.23. The quantitative estimate of drug-likeness (QED) is 0.554. The van der Waals surface area contributed by atoms with Crippen molar-refractivity contribution in [1.29, 1.82) is 0 Å². The summed E-state index contributed by atoms with van der Waals surface area (Å²) in [6.45, 7) is 3.64. The smallest absolute Gasteiger partial charge is 0.357 e. The molecule has 1 fully saturated rings. The number of ether oxygens (including phenoxy) is 2. The van der Waals surface area contributed by atoms with Crippen LogP contribution < -0.4 is 0 Å². The number of carbonyl (C=O) groups excluding carboxylic acids is 2. The fourth-order valence-electron chi connectivity index (χ4n) is 3.02. The first-order chi connectivity index (χ1) is 11.5. The van der Waals surface area contributed by atoms with Crippen LogP contribution >= 0.6 is 23.1 Å². The molecule has 1 aromatic rings. The van der Waals surface area contributed by atoms with E-state index in [0.717, 1.165) is 29.4 Å². The van der Waals surface area contributed by atoms with Crippen molar-refractivity contribution < 1.29 is 24.2 Å². The van der Waals surface area contributed by atoms with E-state index in [1.807, 2.05) is 0 Å². The fourth-order valence-corrected chi connectivity index (χ4v) is 4.93. The topological polar surface area (TPSA) is 85.7 Å². The lowest BCUT2D eigenvalue weighted by atomic mass is 9.93. The Bertz CT molecular complexity index is 562. The number of esters is 2. The molecular formula is C16H23NO5S2. The number of aliphatic hydroxyl groups is 1. The molecule has 0 aromatic carbocycles. The zero-order valence-electron chi connectivity index (χ0n) is 13.9. The van der Waals surface area contributed by atoms with Gasteiger partial charge in [0, 0.05) is 30.6 Å². The Morgan fingerprint density at radius 1 is 1.46 bits per heavy atom. The molecule has 1 N–H and O–H groups in total. The van der Waals surface area contributed by atoms with Gasteiger partial charge in [-0.2, -0.15) is 0 Å². The van der Waals surface area contributed by atoms with Crippen LogP contribution in [0.4, 0.5) is 0 Å². The van der Waals surface area contributed by atoms with Crippen molar-refractivity contribution in [3.8, 4) is 0 Å². The summed E-state index contributed by atoms with van der Waals surface area (Å²) >= 11 is 3.00. The molecule has 134 valence electrons. The Balaban J connectivity index is 1.85. The van der Waals surface area contributed by atoms with Crippen molar-refractivity contribution in [3.63, 3.8) is 0 Å². The molecule has 0 bridgehead atoms. The lowest BCUT2D eigenvalue weighted by molar-refractivity contribution is -0.148. The largest absolute Gasteiger partial charge is 0.462 e. The minimum atomic E-state index is -0.397. The Morgan fingerprint density at radius 2 is 2.25 bits per heavy atom. The van der Waals surface area contributed by atoms with E-state index >= 15 is 0 Å². The van der Waals surface area contributed by atoms with Gasteiger partial charge in [-0.3, -0.25) is 4.79 Å². The van der Waals surface area contributed by atoms with E-state index in [9.17, 15) is 14.7 Å². The summed E-state index contributed by atoms with van der Waals surface area (Å²) in [5, 5.41) is 11.2. The van der Waals surface area contributed by atoms with Crippen molar-refractivity contribution in [3.05, 3.63) is 11.1 Å². The van der Waals surface area contributed by atoms with Crippen LogP contribution in [0.5, 0.6) is 0 Å². The molecule has 1 saturated carbocycles. The van der Waals surface area contributed by atoms with Crippen molar-refractivity contribution in [2.24, 2.45) is 11.8 Å². The van der Waals surface area contributed by atoms with E-state index in [2.05, 4.69) is 4.98 Å². The number of aliphatic hydroxyl groups excluding tert-OH is 1. The van der Waals surface area contributed by atoms with Crippen molar-refractivity contribution in [1.82, 2.24) is 4.98 Å². The summed E-state index contributed by atoms with van der Waals surface area (Å²) in [5.74, 6) is 0.494. The standard InChI is InChI=1S/C16H23NO5S2/c1-3-21-15(20)13-9-24-16(17-13)23-7-6-12-11(8-18)4-5-14(12)22-10(2)19/h9,11-12,14,18H,3-8H2,1-2H3/t11-,12-,14+/m1/s1. The predicted octanol–water partition coefficient (Wildman–Crippen LogP) is 2.75. The number of thioether (sulfide) groups is 1. The minimum Gasteiger partial charge on any atom is -0.462 e. The van der Waals surface area contributed by atoms with Crippen LogP contribution in [0, 0.1) is 11.8 Å². The van der Waals surface area contributed by atoms with E-state index in [-0.39, 0.29) is 30.5 Å². The highest BCUT2D eigenvalue weighted by molar-refractivity contribution is 8.01. The third kappa shape index (κ3) is 5.19. The second kappa shape index (κ2) is 9.39. The van der Waals surface area contributed by atoms with Gasteiger partial charge in [-0.1, -0.05) is 11.8 Å². The molecule has 0 amide bonds. The van der Waals surface area contributed by atoms with E-state index in [1.54, 1.807) is 24.1 Å². The van der Waals surface area contributed by atoms with Crippen molar-refractivity contribution >= 4 is 35.0 Å². The molecule has 0 spiro atoms. The normalized spacial score (nSPS) is 23.2. The Kier molecular flexibility index (Phi) is 7.51. The highest BCUT2D eigenvalue weighted by Gasteiger charge is 2.37. The molecule has 24 heavy (non-hydrogen) atoms. The molecule has 1 aliphatic rings. The molecule has 0 aliphatic heterocycles. The Hall–Kier alpha value is -1.12. The lowest BCUT2D eigenvalue weighted by Crippen LogP contribution is -2.26. The van der Waals surface area contributed by atoms with Crippen molar-refractivity contribution in [2.75, 3.05) is 19.0 Å². The van der Waals surface area contributed by atoms with Gasteiger partial charge >= 0.3 is 11.9 Å². The molecule has 8 heteroatoms. The van der Waals surface area contributed by atoms with Crippen LogP contribution in [0.15, 0.2) is 9.72 Å². The maximum absolute atomic E-state index is 11.6. The number of aromatic nitrogens is 1. The van der Waals surface area contributed by atoms with Crippen LogP contribution in [0.3, 0.4) is 0 Å². The first-order valence-electron chi connectivity index (χ1n) is 8.08. The number of hydrogen-bond donors (Lipinski definition) is 1. The molecule has 0 unspecified atom stereocenters. The number of hydrogen-bond acceptors (Lipinski definition) is 8. The molecule has 0 saturated heterocycles. The fraction of sp³-hybridized carbons (Fsp3) is 0.688.